The Hall–Kier alpha value is -3.60. The molecule has 4 N–H and O–H groups in total. The average molecular weight is 589 g/mol. The van der Waals surface area contributed by atoms with Gasteiger partial charge >= 0.3 is 5.97 Å². The minimum atomic E-state index is -1.21. The van der Waals surface area contributed by atoms with Crippen LogP contribution in [0.2, 0.25) is 0 Å². The SMILES string of the molecule is CC(C)=C(/C=C\C=C/C(C)C)CNC(=O)CC(=O)CNCCCCC(NC(=O)CN1C(=O)CC(C(C)C)C1=O)C(=O)O. The molecule has 11 heteroatoms. The standard InChI is InChI=1S/C31H48N4O7/c1-20(2)11-7-8-12-23(21(3)4)17-33-27(37)15-24(36)18-32-14-10-9-13-26(31(41)42)34-28(38)19-35-29(39)16-25(22(5)6)30(35)40/h7-8,11-12,20,22,25-26,32H,9-10,13-19H2,1-6H3,(H,33,37)(H,34,38)(H,41,42)/b11-7-,12-8-. The molecule has 1 aliphatic rings. The number of carbonyl (C=O) groups is 6. The number of amides is 4. The fourth-order valence-electron chi connectivity index (χ4n) is 4.22. The maximum Gasteiger partial charge on any atom is 0.326 e. The van der Waals surface area contributed by atoms with E-state index in [0.29, 0.717) is 31.8 Å². The highest BCUT2D eigenvalue weighted by Gasteiger charge is 2.41. The van der Waals surface area contributed by atoms with Crippen molar-refractivity contribution in [1.29, 1.82) is 0 Å². The number of likely N-dealkylation sites (tertiary alicyclic amines) is 1. The molecule has 0 bridgehead atoms. The maximum atomic E-state index is 12.4. The number of allylic oxidation sites excluding steroid dienone is 4. The summed E-state index contributed by atoms with van der Waals surface area (Å²) in [4.78, 5) is 73.8. The number of unbranched alkanes of at least 4 members (excludes halogenated alkanes) is 1. The molecule has 0 aliphatic carbocycles. The predicted octanol–water partition coefficient (Wildman–Crippen LogP) is 2.53. The Kier molecular flexibility index (Phi) is 16.3. The number of nitrogens with zero attached hydrogens (tertiary/aromatic N) is 1. The molecule has 0 aromatic heterocycles. The van der Waals surface area contributed by atoms with E-state index in [-0.39, 0.29) is 43.4 Å². The number of imide groups is 1. The molecular formula is C31H48N4O7. The van der Waals surface area contributed by atoms with Crippen LogP contribution < -0.4 is 16.0 Å². The molecule has 1 rings (SSSR count). The van der Waals surface area contributed by atoms with Gasteiger partial charge in [-0.2, -0.15) is 0 Å². The zero-order valence-electron chi connectivity index (χ0n) is 25.8. The molecule has 1 heterocycles. The molecule has 0 radical (unpaired) electrons. The van der Waals surface area contributed by atoms with Crippen molar-refractivity contribution in [3.63, 3.8) is 0 Å². The lowest BCUT2D eigenvalue weighted by atomic mass is 9.94. The summed E-state index contributed by atoms with van der Waals surface area (Å²) < 4.78 is 0. The zero-order chi connectivity index (χ0) is 31.8. The van der Waals surface area contributed by atoms with Crippen LogP contribution in [-0.2, 0) is 28.8 Å². The van der Waals surface area contributed by atoms with Crippen LogP contribution in [0.15, 0.2) is 35.5 Å². The molecule has 11 nitrogen and oxygen atoms in total. The van der Waals surface area contributed by atoms with E-state index in [9.17, 15) is 33.9 Å². The van der Waals surface area contributed by atoms with Gasteiger partial charge in [-0.1, -0.05) is 57.6 Å². The van der Waals surface area contributed by atoms with E-state index >= 15 is 0 Å². The second kappa shape index (κ2) is 18.8. The molecule has 0 spiro atoms. The number of carboxylic acid groups (broad SMARTS) is 1. The monoisotopic (exact) mass is 588 g/mol. The molecular weight excluding hydrogens is 540 g/mol. The third kappa shape index (κ3) is 13.8. The summed E-state index contributed by atoms with van der Waals surface area (Å²) in [6.07, 6.45) is 8.84. The Bertz CT molecular complexity index is 1070. The topological polar surface area (TPSA) is 162 Å². The highest BCUT2D eigenvalue weighted by molar-refractivity contribution is 6.06. The van der Waals surface area contributed by atoms with Crippen LogP contribution in [0.4, 0.5) is 0 Å². The second-order valence-corrected chi connectivity index (χ2v) is 11.5. The first-order chi connectivity index (χ1) is 19.7. The van der Waals surface area contributed by atoms with Crippen molar-refractivity contribution in [2.24, 2.45) is 17.8 Å². The van der Waals surface area contributed by atoms with Crippen molar-refractivity contribution >= 4 is 35.4 Å². The van der Waals surface area contributed by atoms with Crippen molar-refractivity contribution in [3.05, 3.63) is 35.5 Å². The Balaban J connectivity index is 2.33. The number of carboxylic acids is 1. The van der Waals surface area contributed by atoms with Crippen LogP contribution in [0.3, 0.4) is 0 Å². The lowest BCUT2D eigenvalue weighted by Crippen LogP contribution is -2.47. The van der Waals surface area contributed by atoms with E-state index in [0.717, 1.165) is 16.0 Å². The van der Waals surface area contributed by atoms with Crippen molar-refractivity contribution in [1.82, 2.24) is 20.9 Å². The smallest absolute Gasteiger partial charge is 0.326 e. The molecule has 0 aromatic carbocycles. The Labute approximate surface area is 249 Å². The second-order valence-electron chi connectivity index (χ2n) is 11.5. The highest BCUT2D eigenvalue weighted by Crippen LogP contribution is 2.26. The quantitative estimate of drug-likeness (QED) is 0.0775. The minimum Gasteiger partial charge on any atom is -0.480 e. The third-order valence-corrected chi connectivity index (χ3v) is 6.82. The van der Waals surface area contributed by atoms with Crippen LogP contribution in [0.25, 0.3) is 0 Å². The lowest BCUT2D eigenvalue weighted by molar-refractivity contribution is -0.145. The van der Waals surface area contributed by atoms with Gasteiger partial charge < -0.3 is 21.1 Å². The van der Waals surface area contributed by atoms with Crippen LogP contribution >= 0.6 is 0 Å². The van der Waals surface area contributed by atoms with Crippen LogP contribution in [-0.4, -0.2) is 77.6 Å². The van der Waals surface area contributed by atoms with Crippen LogP contribution in [0, 0.1) is 17.8 Å². The summed E-state index contributed by atoms with van der Waals surface area (Å²) in [5.74, 6) is -3.42. The Morgan fingerprint density at radius 1 is 1.00 bits per heavy atom. The Morgan fingerprint density at radius 3 is 2.26 bits per heavy atom. The van der Waals surface area contributed by atoms with E-state index in [1.54, 1.807) is 0 Å². The van der Waals surface area contributed by atoms with Gasteiger partial charge in [-0.15, -0.1) is 0 Å². The van der Waals surface area contributed by atoms with E-state index in [2.05, 4.69) is 35.9 Å². The molecule has 234 valence electrons. The number of nitrogens with one attached hydrogen (secondary N) is 3. The molecule has 0 aromatic rings. The van der Waals surface area contributed by atoms with Crippen molar-refractivity contribution in [3.8, 4) is 0 Å². The summed E-state index contributed by atoms with van der Waals surface area (Å²) in [7, 11) is 0. The fraction of sp³-hybridized carbons (Fsp3) is 0.613. The summed E-state index contributed by atoms with van der Waals surface area (Å²) >= 11 is 0. The fourth-order valence-corrected chi connectivity index (χ4v) is 4.22. The van der Waals surface area contributed by atoms with E-state index in [4.69, 9.17) is 0 Å². The largest absolute Gasteiger partial charge is 0.480 e. The summed E-state index contributed by atoms with van der Waals surface area (Å²) in [5.41, 5.74) is 2.04. The van der Waals surface area contributed by atoms with Gasteiger partial charge in [0, 0.05) is 18.9 Å². The number of hydrogen-bond donors (Lipinski definition) is 4. The van der Waals surface area contributed by atoms with Gasteiger partial charge in [0.1, 0.15) is 12.6 Å². The molecule has 2 atom stereocenters. The summed E-state index contributed by atoms with van der Waals surface area (Å²) in [5, 5.41) is 17.6. The first kappa shape index (κ1) is 36.4. The number of ketones is 1. The summed E-state index contributed by atoms with van der Waals surface area (Å²) in [6.45, 7) is 12.0. The van der Waals surface area contributed by atoms with Crippen molar-refractivity contribution in [2.75, 3.05) is 26.2 Å². The van der Waals surface area contributed by atoms with Gasteiger partial charge in [-0.3, -0.25) is 28.9 Å². The number of carbonyl (C=O) groups excluding carboxylic acids is 5. The average Bonchev–Trinajstić information content (AvgIpc) is 3.17. The Morgan fingerprint density at radius 2 is 1.69 bits per heavy atom. The molecule has 2 unspecified atom stereocenters. The molecule has 42 heavy (non-hydrogen) atoms. The molecule has 4 amide bonds. The molecule has 0 saturated carbocycles. The van der Waals surface area contributed by atoms with Crippen molar-refractivity contribution in [2.45, 2.75) is 79.7 Å². The minimum absolute atomic E-state index is 0.0111. The van der Waals surface area contributed by atoms with Gasteiger partial charge in [0.2, 0.25) is 23.6 Å². The van der Waals surface area contributed by atoms with E-state index in [1.807, 2.05) is 45.9 Å². The van der Waals surface area contributed by atoms with E-state index < -0.39 is 42.2 Å². The molecule has 1 aliphatic heterocycles. The zero-order valence-corrected chi connectivity index (χ0v) is 25.8. The first-order valence-electron chi connectivity index (χ1n) is 14.6. The van der Waals surface area contributed by atoms with Crippen LogP contribution in [0.1, 0.15) is 73.6 Å². The first-order valence-corrected chi connectivity index (χ1v) is 14.6. The van der Waals surface area contributed by atoms with Crippen LogP contribution in [0.5, 0.6) is 0 Å². The lowest BCUT2D eigenvalue weighted by Gasteiger charge is -2.19. The molecule has 1 fully saturated rings. The normalized spacial score (nSPS) is 16.1. The number of hydrogen-bond acceptors (Lipinski definition) is 7. The highest BCUT2D eigenvalue weighted by atomic mass is 16.4. The van der Waals surface area contributed by atoms with Gasteiger partial charge in [0.15, 0.2) is 5.78 Å². The number of rotatable bonds is 19. The van der Waals surface area contributed by atoms with Crippen molar-refractivity contribution < 1.29 is 33.9 Å². The number of aliphatic carboxylic acids is 1. The maximum absolute atomic E-state index is 12.4. The third-order valence-electron chi connectivity index (χ3n) is 6.82. The van der Waals surface area contributed by atoms with Gasteiger partial charge in [0.25, 0.3) is 0 Å². The summed E-state index contributed by atoms with van der Waals surface area (Å²) in [6, 6.07) is -1.16. The van der Waals surface area contributed by atoms with Gasteiger partial charge in [0.05, 0.1) is 13.0 Å². The number of Topliss-reactive ketones (excluding diaryl/α,β-unsaturated/α-hetero) is 1. The predicted molar refractivity (Wildman–Crippen MR) is 160 cm³/mol. The van der Waals surface area contributed by atoms with Gasteiger partial charge in [-0.25, -0.2) is 4.79 Å². The van der Waals surface area contributed by atoms with E-state index in [1.165, 1.54) is 0 Å². The molecule has 1 saturated heterocycles. The van der Waals surface area contributed by atoms with Gasteiger partial charge in [-0.05, 0) is 57.1 Å².